The molecular formula is C26H33LiN4O9. The molecule has 0 aliphatic carbocycles. The Bertz CT molecular complexity index is 1370. The van der Waals surface area contributed by atoms with Crippen LogP contribution in [0.15, 0.2) is 49.1 Å². The summed E-state index contributed by atoms with van der Waals surface area (Å²) in [5.74, 6) is -0.349. The molecule has 0 saturated heterocycles. The molecule has 0 spiro atoms. The molecule has 4 rings (SSSR count). The van der Waals surface area contributed by atoms with Crippen LogP contribution >= 0.6 is 0 Å². The molecular weight excluding hydrogens is 519 g/mol. The van der Waals surface area contributed by atoms with Crippen LogP contribution in [-0.2, 0) is 4.74 Å². The number of pyridine rings is 2. The number of esters is 1. The van der Waals surface area contributed by atoms with Crippen LogP contribution in [0, 0.1) is 0 Å². The van der Waals surface area contributed by atoms with Gasteiger partial charge in [0, 0.05) is 24.5 Å². The van der Waals surface area contributed by atoms with Gasteiger partial charge in [0.25, 0.3) is 0 Å². The zero-order valence-corrected chi connectivity index (χ0v) is 22.9. The van der Waals surface area contributed by atoms with Crippen molar-refractivity contribution < 1.29 is 63.5 Å². The summed E-state index contributed by atoms with van der Waals surface area (Å²) in [7, 11) is 0. The predicted octanol–water partition coefficient (Wildman–Crippen LogP) is -0.330. The van der Waals surface area contributed by atoms with Crippen molar-refractivity contribution in [1.82, 2.24) is 19.2 Å². The topological polar surface area (TPSA) is 187 Å². The average Bonchev–Trinajstić information content (AvgIpc) is 3.54. The normalized spacial score (nSPS) is 11.8. The third-order valence-electron chi connectivity index (χ3n) is 5.54. The van der Waals surface area contributed by atoms with Crippen molar-refractivity contribution in [1.29, 1.82) is 0 Å². The van der Waals surface area contributed by atoms with E-state index in [4.69, 9.17) is 19.3 Å². The molecule has 0 amide bonds. The Morgan fingerprint density at radius 2 is 1.30 bits per heavy atom. The number of carboxylic acid groups (broad SMARTS) is 1. The third-order valence-corrected chi connectivity index (χ3v) is 5.54. The summed E-state index contributed by atoms with van der Waals surface area (Å²) in [5.41, 5.74) is 1.60. The van der Waals surface area contributed by atoms with E-state index in [1.807, 2.05) is 13.8 Å². The number of nitrogens with zero attached hydrogens (tertiary/aromatic N) is 4. The predicted molar refractivity (Wildman–Crippen MR) is 139 cm³/mol. The van der Waals surface area contributed by atoms with Crippen molar-refractivity contribution in [3.05, 3.63) is 60.2 Å². The van der Waals surface area contributed by atoms with E-state index >= 15 is 0 Å². The first-order valence-corrected chi connectivity index (χ1v) is 12.2. The molecule has 0 aliphatic rings. The monoisotopic (exact) mass is 552 g/mol. The molecule has 4 aromatic heterocycles. The summed E-state index contributed by atoms with van der Waals surface area (Å²) < 4.78 is 18.9. The van der Waals surface area contributed by atoms with Crippen LogP contribution < -0.4 is 28.3 Å². The molecule has 0 fully saturated rings. The van der Waals surface area contributed by atoms with E-state index < -0.39 is 24.1 Å². The van der Waals surface area contributed by atoms with E-state index in [1.165, 1.54) is 16.9 Å². The zero-order valence-electron chi connectivity index (χ0n) is 22.9. The molecule has 4 heterocycles. The second-order valence-electron chi connectivity index (χ2n) is 8.27. The van der Waals surface area contributed by atoms with Gasteiger partial charge in [0.05, 0.1) is 42.2 Å². The Balaban J connectivity index is 0.000000383. The van der Waals surface area contributed by atoms with Crippen molar-refractivity contribution >= 4 is 23.0 Å². The fourth-order valence-electron chi connectivity index (χ4n) is 3.25. The standard InChI is InChI=1S/C14H18N2O4.C12H14N2O4.Li.H2O/c1-3-10(17)9-20-11-5-6-16-13(7-11)12(8-15-16)14(18)19-4-2;1-2-8(15)7-18-9-3-4-14-11(5-9)10(6-13-14)12(16)17;;/h5-8,10,17H,3-4,9H2,1-2H3;3-6,8,15H,2,7H2,1H3,(H,16,17);;1H2/q;;+1;/p-1. The number of aliphatic hydroxyl groups is 2. The molecule has 40 heavy (non-hydrogen) atoms. The first-order valence-electron chi connectivity index (χ1n) is 12.2. The van der Waals surface area contributed by atoms with Crippen LogP contribution in [0.3, 0.4) is 0 Å². The third kappa shape index (κ3) is 8.97. The van der Waals surface area contributed by atoms with Crippen molar-refractivity contribution in [3.63, 3.8) is 0 Å². The minimum atomic E-state index is -1.03. The molecule has 4 aromatic rings. The Morgan fingerprint density at radius 1 is 0.850 bits per heavy atom. The number of carbonyl (C=O) groups is 2. The zero-order chi connectivity index (χ0) is 27.7. The van der Waals surface area contributed by atoms with Crippen molar-refractivity contribution in [3.8, 4) is 11.5 Å². The van der Waals surface area contributed by atoms with E-state index in [9.17, 15) is 19.8 Å². The van der Waals surface area contributed by atoms with Crippen LogP contribution in [0.4, 0.5) is 0 Å². The van der Waals surface area contributed by atoms with Gasteiger partial charge in [-0.25, -0.2) is 18.6 Å². The van der Waals surface area contributed by atoms with Crippen molar-refractivity contribution in [2.75, 3.05) is 19.8 Å². The first-order chi connectivity index (χ1) is 18.3. The molecule has 4 N–H and O–H groups in total. The van der Waals surface area contributed by atoms with Crippen LogP contribution in [0.2, 0.25) is 0 Å². The minimum absolute atomic E-state index is 0. The number of aromatic nitrogens is 4. The molecule has 0 aromatic carbocycles. The quantitative estimate of drug-likeness (QED) is 0.163. The van der Waals surface area contributed by atoms with Crippen molar-refractivity contribution in [2.45, 2.75) is 45.8 Å². The molecule has 14 heteroatoms. The van der Waals surface area contributed by atoms with E-state index in [2.05, 4.69) is 10.2 Å². The van der Waals surface area contributed by atoms with E-state index in [1.54, 1.807) is 48.1 Å². The van der Waals surface area contributed by atoms with Crippen molar-refractivity contribution in [2.24, 2.45) is 0 Å². The Labute approximate surface area is 242 Å². The Hall–Kier alpha value is -3.60. The molecule has 2 unspecified atom stereocenters. The van der Waals surface area contributed by atoms with Gasteiger partial charge >= 0.3 is 30.8 Å². The van der Waals surface area contributed by atoms with Crippen LogP contribution in [-0.4, -0.2) is 84.0 Å². The Morgan fingerprint density at radius 3 is 1.73 bits per heavy atom. The van der Waals surface area contributed by atoms with Gasteiger partial charge in [-0.2, -0.15) is 10.2 Å². The maximum absolute atomic E-state index is 11.8. The summed E-state index contributed by atoms with van der Waals surface area (Å²) >= 11 is 0. The fraction of sp³-hybridized carbons (Fsp3) is 0.385. The average molecular weight is 553 g/mol. The first kappa shape index (κ1) is 34.4. The van der Waals surface area contributed by atoms with Gasteiger partial charge in [-0.3, -0.25) is 0 Å². The van der Waals surface area contributed by atoms with Gasteiger partial charge in [-0.05, 0) is 31.9 Å². The number of carboxylic acids is 1. The molecule has 2 atom stereocenters. The number of hydrogen-bond donors (Lipinski definition) is 3. The van der Waals surface area contributed by atoms with Gasteiger partial charge in [0.1, 0.15) is 35.8 Å². The summed E-state index contributed by atoms with van der Waals surface area (Å²) in [5, 5.41) is 35.9. The van der Waals surface area contributed by atoms with Gasteiger partial charge in [-0.1, -0.05) is 13.8 Å². The number of aromatic carboxylic acids is 1. The second kappa shape index (κ2) is 16.5. The van der Waals surface area contributed by atoms with Gasteiger partial charge < -0.3 is 35.0 Å². The number of hydrogen-bond acceptors (Lipinski definition) is 10. The summed E-state index contributed by atoms with van der Waals surface area (Å²) in [6.45, 7) is 6.21. The van der Waals surface area contributed by atoms with E-state index in [0.717, 1.165) is 0 Å². The molecule has 13 nitrogen and oxygen atoms in total. The summed E-state index contributed by atoms with van der Waals surface area (Å²) in [6, 6.07) is 6.71. The molecule has 0 radical (unpaired) electrons. The number of aliphatic hydroxyl groups excluding tert-OH is 2. The number of fused-ring (bicyclic) bond motifs is 2. The fourth-order valence-corrected chi connectivity index (χ4v) is 3.25. The molecule has 0 aliphatic heterocycles. The van der Waals surface area contributed by atoms with Crippen LogP contribution in [0.25, 0.3) is 11.0 Å². The molecule has 212 valence electrons. The summed E-state index contributed by atoms with van der Waals surface area (Å²) in [6.07, 6.45) is 6.30. The largest absolute Gasteiger partial charge is 1.00 e. The SMILES string of the molecule is CCC(O)COc1ccn2ncc(C(=O)O)c2c1.CCOC(=O)c1cnn2ccc(OCC(O)CC)cc12.[Li+].[OH-]. The van der Waals surface area contributed by atoms with Gasteiger partial charge in [0.15, 0.2) is 0 Å². The second-order valence-corrected chi connectivity index (χ2v) is 8.27. The van der Waals surface area contributed by atoms with Crippen LogP contribution in [0.5, 0.6) is 11.5 Å². The maximum atomic E-state index is 11.8. The minimum Gasteiger partial charge on any atom is -0.870 e. The number of rotatable bonds is 11. The Kier molecular flexibility index (Phi) is 14.2. The van der Waals surface area contributed by atoms with Gasteiger partial charge in [-0.15, -0.1) is 0 Å². The smallest absolute Gasteiger partial charge is 0.870 e. The van der Waals surface area contributed by atoms with E-state index in [-0.39, 0.29) is 43.1 Å². The number of carbonyl (C=O) groups excluding carboxylic acids is 1. The molecule has 0 saturated carbocycles. The number of ether oxygens (including phenoxy) is 3. The van der Waals surface area contributed by atoms with E-state index in [0.29, 0.717) is 47.5 Å². The van der Waals surface area contributed by atoms with Gasteiger partial charge in [0.2, 0.25) is 0 Å². The summed E-state index contributed by atoms with van der Waals surface area (Å²) in [4.78, 5) is 22.8. The molecule has 0 bridgehead atoms. The van der Waals surface area contributed by atoms with Crippen LogP contribution in [0.1, 0.15) is 54.3 Å². The maximum Gasteiger partial charge on any atom is 1.00 e.